The highest BCUT2D eigenvalue weighted by molar-refractivity contribution is 5.15. The Bertz CT molecular complexity index is 240. The molecule has 0 aromatic carbocycles. The first-order chi connectivity index (χ1) is 7.31. The summed E-state index contributed by atoms with van der Waals surface area (Å²) < 4.78 is 5.88. The van der Waals surface area contributed by atoms with Gasteiger partial charge in [0, 0.05) is 0 Å². The van der Waals surface area contributed by atoms with Gasteiger partial charge < -0.3 is 4.74 Å². The van der Waals surface area contributed by atoms with Crippen LogP contribution < -0.4 is 11.3 Å². The van der Waals surface area contributed by atoms with Gasteiger partial charge in [-0.25, -0.2) is 0 Å². The van der Waals surface area contributed by atoms with Crippen LogP contribution in [0.3, 0.4) is 0 Å². The van der Waals surface area contributed by atoms with E-state index in [1.807, 2.05) is 0 Å². The Morgan fingerprint density at radius 1 is 1.47 bits per heavy atom. The lowest BCUT2D eigenvalue weighted by Gasteiger charge is -2.27. The van der Waals surface area contributed by atoms with Crippen molar-refractivity contribution in [2.45, 2.75) is 63.7 Å². The second-order valence-corrected chi connectivity index (χ2v) is 4.73. The Morgan fingerprint density at radius 2 is 2.33 bits per heavy atom. The first kappa shape index (κ1) is 11.1. The molecule has 0 saturated carbocycles. The van der Waals surface area contributed by atoms with E-state index in [2.05, 4.69) is 18.4 Å². The zero-order valence-electron chi connectivity index (χ0n) is 9.54. The molecular weight excluding hydrogens is 188 g/mol. The lowest BCUT2D eigenvalue weighted by molar-refractivity contribution is 0.0387. The second kappa shape index (κ2) is 5.10. The lowest BCUT2D eigenvalue weighted by Crippen LogP contribution is -2.45. The molecule has 86 valence electrons. The maximum absolute atomic E-state index is 5.88. The third-order valence-electron chi connectivity index (χ3n) is 3.54. The molecule has 0 spiro atoms. The summed E-state index contributed by atoms with van der Waals surface area (Å²) in [4.78, 5) is 0. The molecule has 1 aliphatic heterocycles. The Labute approximate surface area is 92.0 Å². The minimum atomic E-state index is 0.246. The molecule has 1 aliphatic carbocycles. The van der Waals surface area contributed by atoms with Crippen molar-refractivity contribution in [1.29, 1.82) is 0 Å². The van der Waals surface area contributed by atoms with Crippen LogP contribution in [0.1, 0.15) is 45.4 Å². The van der Waals surface area contributed by atoms with Crippen LogP contribution in [0.25, 0.3) is 0 Å². The summed E-state index contributed by atoms with van der Waals surface area (Å²) in [6, 6.07) is 0.246. The van der Waals surface area contributed by atoms with Crippen LogP contribution in [0.15, 0.2) is 11.6 Å². The molecule has 2 rings (SSSR count). The van der Waals surface area contributed by atoms with E-state index >= 15 is 0 Å². The van der Waals surface area contributed by atoms with E-state index in [-0.39, 0.29) is 12.1 Å². The smallest absolute Gasteiger partial charge is 0.0784 e. The Kier molecular flexibility index (Phi) is 3.78. The first-order valence-corrected chi connectivity index (χ1v) is 6.12. The second-order valence-electron chi connectivity index (χ2n) is 4.73. The standard InChI is InChI=1S/C12H22N2O/c1-9-7-8-11(15-9)12(14-13)10-5-3-2-4-6-10/h5,9,11-12,14H,2-4,6-8,13H2,1H3. The van der Waals surface area contributed by atoms with Gasteiger partial charge >= 0.3 is 0 Å². The van der Waals surface area contributed by atoms with E-state index < -0.39 is 0 Å². The normalized spacial score (nSPS) is 33.9. The van der Waals surface area contributed by atoms with Crippen LogP contribution in [-0.2, 0) is 4.74 Å². The monoisotopic (exact) mass is 210 g/mol. The average molecular weight is 210 g/mol. The van der Waals surface area contributed by atoms with Crippen LogP contribution in [0, 0.1) is 0 Å². The number of rotatable bonds is 3. The average Bonchev–Trinajstić information content (AvgIpc) is 2.68. The van der Waals surface area contributed by atoms with Crippen molar-refractivity contribution in [3.63, 3.8) is 0 Å². The summed E-state index contributed by atoms with van der Waals surface area (Å²) in [5, 5.41) is 0. The van der Waals surface area contributed by atoms with Gasteiger partial charge in [-0.05, 0) is 45.4 Å². The topological polar surface area (TPSA) is 47.3 Å². The fourth-order valence-corrected chi connectivity index (χ4v) is 2.68. The summed E-state index contributed by atoms with van der Waals surface area (Å²) in [5.41, 5.74) is 4.40. The zero-order valence-corrected chi connectivity index (χ0v) is 9.54. The molecule has 3 nitrogen and oxygen atoms in total. The van der Waals surface area contributed by atoms with E-state index in [4.69, 9.17) is 10.6 Å². The quantitative estimate of drug-likeness (QED) is 0.425. The summed E-state index contributed by atoms with van der Waals surface area (Å²) >= 11 is 0. The van der Waals surface area contributed by atoms with Crippen molar-refractivity contribution in [2.24, 2.45) is 5.84 Å². The minimum Gasteiger partial charge on any atom is -0.373 e. The van der Waals surface area contributed by atoms with Gasteiger partial charge in [-0.15, -0.1) is 0 Å². The molecular formula is C12H22N2O. The highest BCUT2D eigenvalue weighted by Gasteiger charge is 2.31. The third-order valence-corrected chi connectivity index (χ3v) is 3.54. The predicted octanol–water partition coefficient (Wildman–Crippen LogP) is 1.89. The summed E-state index contributed by atoms with van der Waals surface area (Å²) in [6.45, 7) is 2.14. The minimum absolute atomic E-state index is 0.246. The number of hydrazine groups is 1. The number of hydrogen-bond donors (Lipinski definition) is 2. The van der Waals surface area contributed by atoms with Gasteiger partial charge in [0.25, 0.3) is 0 Å². The fraction of sp³-hybridized carbons (Fsp3) is 0.833. The van der Waals surface area contributed by atoms with E-state index in [0.29, 0.717) is 6.10 Å². The van der Waals surface area contributed by atoms with Crippen molar-refractivity contribution in [3.05, 3.63) is 11.6 Å². The zero-order chi connectivity index (χ0) is 10.7. The molecule has 15 heavy (non-hydrogen) atoms. The van der Waals surface area contributed by atoms with E-state index in [0.717, 1.165) is 12.8 Å². The van der Waals surface area contributed by atoms with Gasteiger partial charge in [0.2, 0.25) is 0 Å². The summed E-state index contributed by atoms with van der Waals surface area (Å²) in [7, 11) is 0. The van der Waals surface area contributed by atoms with E-state index in [1.165, 1.54) is 31.3 Å². The van der Waals surface area contributed by atoms with Crippen LogP contribution in [0.4, 0.5) is 0 Å². The van der Waals surface area contributed by atoms with Crippen LogP contribution in [0.2, 0.25) is 0 Å². The highest BCUT2D eigenvalue weighted by atomic mass is 16.5. The Morgan fingerprint density at radius 3 is 2.87 bits per heavy atom. The number of nitrogens with one attached hydrogen (secondary N) is 1. The molecule has 3 heteroatoms. The third kappa shape index (κ3) is 2.60. The molecule has 0 radical (unpaired) electrons. The summed E-state index contributed by atoms with van der Waals surface area (Å²) in [5.74, 6) is 5.66. The van der Waals surface area contributed by atoms with Gasteiger partial charge in [-0.2, -0.15) is 0 Å². The van der Waals surface area contributed by atoms with Gasteiger partial charge in [0.15, 0.2) is 0 Å². The predicted molar refractivity (Wildman–Crippen MR) is 61.2 cm³/mol. The molecule has 2 aliphatic rings. The number of allylic oxidation sites excluding steroid dienone is 1. The van der Waals surface area contributed by atoms with E-state index in [1.54, 1.807) is 0 Å². The van der Waals surface area contributed by atoms with Crippen LogP contribution in [-0.4, -0.2) is 18.2 Å². The van der Waals surface area contributed by atoms with Crippen LogP contribution in [0.5, 0.6) is 0 Å². The fourth-order valence-electron chi connectivity index (χ4n) is 2.68. The molecule has 0 amide bonds. The number of nitrogens with two attached hydrogens (primary N) is 1. The molecule has 3 N–H and O–H groups in total. The van der Waals surface area contributed by atoms with Crippen molar-refractivity contribution >= 4 is 0 Å². The molecule has 3 atom stereocenters. The largest absolute Gasteiger partial charge is 0.373 e. The molecule has 1 saturated heterocycles. The van der Waals surface area contributed by atoms with Gasteiger partial charge in [-0.1, -0.05) is 11.6 Å². The molecule has 0 aromatic rings. The van der Waals surface area contributed by atoms with Crippen molar-refractivity contribution in [3.8, 4) is 0 Å². The SMILES string of the molecule is CC1CCC(C(NN)C2=CCCCC2)O1. The molecule has 0 bridgehead atoms. The number of hydrogen-bond acceptors (Lipinski definition) is 3. The van der Waals surface area contributed by atoms with Crippen molar-refractivity contribution in [1.82, 2.24) is 5.43 Å². The molecule has 3 unspecified atom stereocenters. The lowest BCUT2D eigenvalue weighted by atomic mass is 9.90. The van der Waals surface area contributed by atoms with Crippen LogP contribution >= 0.6 is 0 Å². The maximum atomic E-state index is 5.88. The van der Waals surface area contributed by atoms with Crippen molar-refractivity contribution < 1.29 is 4.74 Å². The molecule has 1 fully saturated rings. The maximum Gasteiger partial charge on any atom is 0.0784 e. The van der Waals surface area contributed by atoms with Crippen molar-refractivity contribution in [2.75, 3.05) is 0 Å². The Hall–Kier alpha value is -0.380. The van der Waals surface area contributed by atoms with E-state index in [9.17, 15) is 0 Å². The highest BCUT2D eigenvalue weighted by Crippen LogP contribution is 2.28. The first-order valence-electron chi connectivity index (χ1n) is 6.12. The van der Waals surface area contributed by atoms with Gasteiger partial charge in [0.1, 0.15) is 0 Å². The molecule has 1 heterocycles. The Balaban J connectivity index is 1.99. The van der Waals surface area contributed by atoms with Gasteiger partial charge in [0.05, 0.1) is 18.2 Å². The molecule has 0 aromatic heterocycles. The number of ether oxygens (including phenoxy) is 1. The van der Waals surface area contributed by atoms with Gasteiger partial charge in [-0.3, -0.25) is 11.3 Å². The summed E-state index contributed by atoms with van der Waals surface area (Å²) in [6.07, 6.45) is 10.3.